The van der Waals surface area contributed by atoms with Gasteiger partial charge in [-0.15, -0.1) is 0 Å². The van der Waals surface area contributed by atoms with E-state index in [4.69, 9.17) is 5.73 Å². The van der Waals surface area contributed by atoms with Gasteiger partial charge in [0.15, 0.2) is 5.03 Å². The second-order valence-corrected chi connectivity index (χ2v) is 8.08. The predicted molar refractivity (Wildman–Crippen MR) is 77.4 cm³/mol. The summed E-state index contributed by atoms with van der Waals surface area (Å²) in [5.41, 5.74) is 5.96. The second-order valence-electron chi connectivity index (χ2n) is 6.12. The number of nitrogens with two attached hydrogens (primary N) is 1. The van der Waals surface area contributed by atoms with Crippen LogP contribution in [0.1, 0.15) is 25.7 Å². The van der Waals surface area contributed by atoms with E-state index in [1.165, 1.54) is 36.2 Å². The Bertz CT molecular complexity index is 602. The molecule has 0 amide bonds. The fourth-order valence-corrected chi connectivity index (χ4v) is 5.04. The van der Waals surface area contributed by atoms with E-state index in [0.717, 1.165) is 5.92 Å². The van der Waals surface area contributed by atoms with Crippen molar-refractivity contribution in [3.63, 3.8) is 0 Å². The molecule has 1 heterocycles. The van der Waals surface area contributed by atoms with Crippen LogP contribution in [0.2, 0.25) is 0 Å². The van der Waals surface area contributed by atoms with Crippen molar-refractivity contribution >= 4 is 15.7 Å². The number of nitrogen functional groups attached to an aromatic ring is 1. The molecule has 5 nitrogen and oxygen atoms in total. The number of hydrogen-bond donors (Lipinski definition) is 1. The molecule has 2 aliphatic rings. The van der Waals surface area contributed by atoms with E-state index >= 15 is 0 Å². The fraction of sp³-hybridized carbons (Fsp3) is 0.643. The molecule has 0 saturated heterocycles. The van der Waals surface area contributed by atoms with Gasteiger partial charge in [-0.2, -0.15) is 4.31 Å². The van der Waals surface area contributed by atoms with Gasteiger partial charge in [0.25, 0.3) is 10.0 Å². The number of aromatic nitrogens is 1. The van der Waals surface area contributed by atoms with Gasteiger partial charge in [-0.3, -0.25) is 0 Å². The van der Waals surface area contributed by atoms with Crippen LogP contribution in [-0.2, 0) is 10.0 Å². The Morgan fingerprint density at radius 3 is 2.80 bits per heavy atom. The maximum Gasteiger partial charge on any atom is 0.262 e. The summed E-state index contributed by atoms with van der Waals surface area (Å²) >= 11 is 0. The van der Waals surface area contributed by atoms with E-state index in [-0.39, 0.29) is 10.7 Å². The first kappa shape index (κ1) is 13.8. The molecule has 2 aliphatic carbocycles. The van der Waals surface area contributed by atoms with Crippen molar-refractivity contribution < 1.29 is 8.42 Å². The third-order valence-electron chi connectivity index (χ3n) is 4.83. The topological polar surface area (TPSA) is 76.3 Å². The van der Waals surface area contributed by atoms with E-state index in [2.05, 4.69) is 4.98 Å². The Labute approximate surface area is 120 Å². The molecule has 1 aromatic heterocycles. The summed E-state index contributed by atoms with van der Waals surface area (Å²) in [6.45, 7) is 0.583. The molecule has 2 bridgehead atoms. The summed E-state index contributed by atoms with van der Waals surface area (Å²) in [6.07, 6.45) is 6.50. The summed E-state index contributed by atoms with van der Waals surface area (Å²) in [7, 11) is -1.94. The van der Waals surface area contributed by atoms with Crippen LogP contribution in [0, 0.1) is 17.8 Å². The number of sulfonamides is 1. The quantitative estimate of drug-likeness (QED) is 0.917. The van der Waals surface area contributed by atoms with Crippen LogP contribution in [0.25, 0.3) is 0 Å². The lowest BCUT2D eigenvalue weighted by Crippen LogP contribution is -2.34. The first-order valence-electron chi connectivity index (χ1n) is 7.15. The van der Waals surface area contributed by atoms with Crippen molar-refractivity contribution in [2.24, 2.45) is 17.8 Å². The molecule has 3 rings (SSSR count). The summed E-state index contributed by atoms with van der Waals surface area (Å²) in [6, 6.07) is 3.22. The van der Waals surface area contributed by atoms with E-state index in [0.29, 0.717) is 18.4 Å². The zero-order valence-electron chi connectivity index (χ0n) is 11.7. The van der Waals surface area contributed by atoms with Crippen molar-refractivity contribution in [3.8, 4) is 0 Å². The molecule has 2 saturated carbocycles. The number of hydrogen-bond acceptors (Lipinski definition) is 4. The van der Waals surface area contributed by atoms with Gasteiger partial charge in [0.2, 0.25) is 0 Å². The lowest BCUT2D eigenvalue weighted by Gasteiger charge is -2.26. The van der Waals surface area contributed by atoms with Crippen LogP contribution in [0.3, 0.4) is 0 Å². The Morgan fingerprint density at radius 1 is 1.40 bits per heavy atom. The summed E-state index contributed by atoms with van der Waals surface area (Å²) in [5, 5.41) is -0.0225. The van der Waals surface area contributed by atoms with Gasteiger partial charge in [0.1, 0.15) is 0 Å². The van der Waals surface area contributed by atoms with Gasteiger partial charge >= 0.3 is 0 Å². The maximum atomic E-state index is 12.5. The smallest absolute Gasteiger partial charge is 0.262 e. The predicted octanol–water partition coefficient (Wildman–Crippen LogP) is 1.72. The fourth-order valence-electron chi connectivity index (χ4n) is 3.79. The number of rotatable bonds is 4. The molecule has 3 atom stereocenters. The van der Waals surface area contributed by atoms with Gasteiger partial charge in [-0.25, -0.2) is 13.4 Å². The van der Waals surface area contributed by atoms with Crippen LogP contribution < -0.4 is 5.73 Å². The zero-order chi connectivity index (χ0) is 14.3. The molecule has 3 unspecified atom stereocenters. The molecule has 20 heavy (non-hydrogen) atoms. The van der Waals surface area contributed by atoms with Crippen LogP contribution in [0.15, 0.2) is 23.4 Å². The van der Waals surface area contributed by atoms with Crippen molar-refractivity contribution in [1.29, 1.82) is 0 Å². The molecule has 0 aromatic carbocycles. The summed E-state index contributed by atoms with van der Waals surface area (Å²) in [4.78, 5) is 3.94. The zero-order valence-corrected chi connectivity index (χ0v) is 12.5. The minimum Gasteiger partial charge on any atom is -0.396 e. The number of fused-ring (bicyclic) bond motifs is 2. The molecule has 1 aromatic rings. The highest BCUT2D eigenvalue weighted by Crippen LogP contribution is 2.48. The molecule has 6 heteroatoms. The standard InChI is InChI=1S/C14H21N3O2S/c1-17(9-12-8-10-4-5-11(12)7-10)20(18,19)14-13(15)3-2-6-16-14/h2-3,6,10-12H,4-5,7-9,15H2,1H3. The minimum atomic E-state index is -3.58. The van der Waals surface area contributed by atoms with Crippen LogP contribution in [0.4, 0.5) is 5.69 Å². The molecule has 0 spiro atoms. The van der Waals surface area contributed by atoms with Crippen molar-refractivity contribution in [1.82, 2.24) is 9.29 Å². The van der Waals surface area contributed by atoms with Gasteiger partial charge < -0.3 is 5.73 Å². The lowest BCUT2D eigenvalue weighted by atomic mass is 9.89. The number of anilines is 1. The van der Waals surface area contributed by atoms with E-state index in [1.807, 2.05) is 0 Å². The van der Waals surface area contributed by atoms with Gasteiger partial charge in [0.05, 0.1) is 5.69 Å². The number of nitrogens with zero attached hydrogens (tertiary/aromatic N) is 2. The molecule has 110 valence electrons. The van der Waals surface area contributed by atoms with E-state index < -0.39 is 10.0 Å². The average molecular weight is 295 g/mol. The SMILES string of the molecule is CN(CC1CC2CCC1C2)S(=O)(=O)c1ncccc1N. The Morgan fingerprint density at radius 2 is 2.20 bits per heavy atom. The lowest BCUT2D eigenvalue weighted by molar-refractivity contribution is 0.280. The van der Waals surface area contributed by atoms with Gasteiger partial charge in [-0.1, -0.05) is 6.42 Å². The van der Waals surface area contributed by atoms with Crippen molar-refractivity contribution in [3.05, 3.63) is 18.3 Å². The van der Waals surface area contributed by atoms with Crippen molar-refractivity contribution in [2.45, 2.75) is 30.7 Å². The highest BCUT2D eigenvalue weighted by molar-refractivity contribution is 7.89. The molecule has 0 aliphatic heterocycles. The highest BCUT2D eigenvalue weighted by Gasteiger charge is 2.41. The summed E-state index contributed by atoms with van der Waals surface area (Å²) < 4.78 is 26.5. The van der Waals surface area contributed by atoms with Crippen molar-refractivity contribution in [2.75, 3.05) is 19.3 Å². The van der Waals surface area contributed by atoms with Crippen LogP contribution in [-0.4, -0.2) is 31.3 Å². The van der Waals surface area contributed by atoms with E-state index in [1.54, 1.807) is 19.2 Å². The third kappa shape index (κ3) is 2.31. The normalized spacial score (nSPS) is 29.2. The monoisotopic (exact) mass is 295 g/mol. The Balaban J connectivity index is 1.76. The summed E-state index contributed by atoms with van der Waals surface area (Å²) in [5.74, 6) is 2.03. The molecule has 2 N–H and O–H groups in total. The number of pyridine rings is 1. The molecular formula is C14H21N3O2S. The Hall–Kier alpha value is -1.14. The highest BCUT2D eigenvalue weighted by atomic mass is 32.2. The molecular weight excluding hydrogens is 274 g/mol. The van der Waals surface area contributed by atoms with E-state index in [9.17, 15) is 8.42 Å². The largest absolute Gasteiger partial charge is 0.396 e. The average Bonchev–Trinajstić information content (AvgIpc) is 3.01. The molecule has 2 fully saturated rings. The van der Waals surface area contributed by atoms with Gasteiger partial charge in [0, 0.05) is 19.8 Å². The molecule has 0 radical (unpaired) electrons. The second kappa shape index (κ2) is 5.00. The third-order valence-corrected chi connectivity index (χ3v) is 6.63. The first-order chi connectivity index (χ1) is 9.48. The minimum absolute atomic E-state index is 0.0225. The first-order valence-corrected chi connectivity index (χ1v) is 8.59. The van der Waals surface area contributed by atoms with Crippen LogP contribution in [0.5, 0.6) is 0 Å². The van der Waals surface area contributed by atoms with Gasteiger partial charge in [-0.05, 0) is 49.1 Å². The maximum absolute atomic E-state index is 12.5. The Kier molecular flexibility index (Phi) is 3.46. The van der Waals surface area contributed by atoms with Crippen LogP contribution >= 0.6 is 0 Å².